The summed E-state index contributed by atoms with van der Waals surface area (Å²) in [4.78, 5) is 11.8. The van der Waals surface area contributed by atoms with E-state index in [-0.39, 0.29) is 12.4 Å². The van der Waals surface area contributed by atoms with Crippen LogP contribution in [0, 0.1) is 0 Å². The maximum absolute atomic E-state index is 11.8. The standard InChI is InChI=1S/C22H29NO4/c1-2-13-26-17-20(24)15-18-8-10-21(11-9-18)27-14-12-23-16-22(25)19-6-4-3-5-7-19/h3-11,22-23,25H,2,12-17H2,1H3. The van der Waals surface area contributed by atoms with Crippen molar-refractivity contribution >= 4 is 5.78 Å². The number of nitrogens with one attached hydrogen (secondary N) is 1. The van der Waals surface area contributed by atoms with Crippen molar-refractivity contribution in [3.63, 3.8) is 0 Å². The quantitative estimate of drug-likeness (QED) is 0.530. The van der Waals surface area contributed by atoms with Crippen LogP contribution in [-0.2, 0) is 16.0 Å². The van der Waals surface area contributed by atoms with Crippen molar-refractivity contribution in [2.45, 2.75) is 25.9 Å². The van der Waals surface area contributed by atoms with Crippen LogP contribution in [0.25, 0.3) is 0 Å². The van der Waals surface area contributed by atoms with Crippen molar-refractivity contribution in [3.8, 4) is 5.75 Å². The van der Waals surface area contributed by atoms with Crippen molar-refractivity contribution in [1.29, 1.82) is 0 Å². The van der Waals surface area contributed by atoms with Crippen molar-refractivity contribution in [2.24, 2.45) is 0 Å². The molecule has 0 amide bonds. The number of carbonyl (C=O) groups is 1. The summed E-state index contributed by atoms with van der Waals surface area (Å²) >= 11 is 0. The van der Waals surface area contributed by atoms with Crippen LogP contribution in [0.15, 0.2) is 54.6 Å². The van der Waals surface area contributed by atoms with Crippen LogP contribution in [0.4, 0.5) is 0 Å². The topological polar surface area (TPSA) is 67.8 Å². The number of carbonyl (C=O) groups excluding carboxylic acids is 1. The van der Waals surface area contributed by atoms with Gasteiger partial charge in [0.05, 0.1) is 6.10 Å². The predicted octanol–water partition coefficient (Wildman–Crippen LogP) is 2.93. The summed E-state index contributed by atoms with van der Waals surface area (Å²) in [7, 11) is 0. The molecule has 2 aromatic rings. The zero-order valence-corrected chi connectivity index (χ0v) is 15.9. The Morgan fingerprint density at radius 2 is 1.81 bits per heavy atom. The summed E-state index contributed by atoms with van der Waals surface area (Å²) in [6, 6.07) is 17.1. The highest BCUT2D eigenvalue weighted by molar-refractivity contribution is 5.82. The molecular formula is C22H29NO4. The Hall–Kier alpha value is -2.21. The van der Waals surface area contributed by atoms with Gasteiger partial charge in [-0.2, -0.15) is 0 Å². The van der Waals surface area contributed by atoms with Crippen molar-refractivity contribution in [3.05, 3.63) is 65.7 Å². The van der Waals surface area contributed by atoms with Crippen molar-refractivity contribution in [2.75, 3.05) is 32.9 Å². The number of benzene rings is 2. The molecule has 0 radical (unpaired) electrons. The molecule has 0 aliphatic heterocycles. The summed E-state index contributed by atoms with van der Waals surface area (Å²) < 4.78 is 10.9. The van der Waals surface area contributed by atoms with Gasteiger partial charge in [-0.3, -0.25) is 4.79 Å². The molecule has 27 heavy (non-hydrogen) atoms. The Morgan fingerprint density at radius 1 is 1.07 bits per heavy atom. The van der Waals surface area contributed by atoms with E-state index in [0.717, 1.165) is 23.3 Å². The first kappa shape index (κ1) is 21.1. The average Bonchev–Trinajstić information content (AvgIpc) is 2.69. The summed E-state index contributed by atoms with van der Waals surface area (Å²) in [5.41, 5.74) is 1.85. The third-order valence-corrected chi connectivity index (χ3v) is 4.01. The lowest BCUT2D eigenvalue weighted by atomic mass is 10.1. The van der Waals surface area contributed by atoms with Gasteiger partial charge in [0.2, 0.25) is 0 Å². The van der Waals surface area contributed by atoms with E-state index in [0.29, 0.717) is 32.7 Å². The maximum Gasteiger partial charge on any atom is 0.162 e. The summed E-state index contributed by atoms with van der Waals surface area (Å²) in [5.74, 6) is 0.845. The van der Waals surface area contributed by atoms with Crippen LogP contribution < -0.4 is 10.1 Å². The molecule has 2 N–H and O–H groups in total. The van der Waals surface area contributed by atoms with E-state index in [2.05, 4.69) is 5.32 Å². The van der Waals surface area contributed by atoms with E-state index < -0.39 is 6.10 Å². The zero-order chi connectivity index (χ0) is 19.3. The largest absolute Gasteiger partial charge is 0.492 e. The molecule has 146 valence electrons. The normalized spacial score (nSPS) is 11.9. The Bertz CT molecular complexity index is 658. The minimum atomic E-state index is -0.524. The Balaban J connectivity index is 1.61. The molecule has 5 nitrogen and oxygen atoms in total. The van der Waals surface area contributed by atoms with E-state index >= 15 is 0 Å². The second-order valence-electron chi connectivity index (χ2n) is 6.39. The number of ether oxygens (including phenoxy) is 2. The first-order valence-electron chi connectivity index (χ1n) is 9.44. The number of hydrogen-bond acceptors (Lipinski definition) is 5. The monoisotopic (exact) mass is 371 g/mol. The molecule has 0 heterocycles. The molecule has 0 aliphatic rings. The molecule has 2 rings (SSSR count). The molecule has 0 saturated heterocycles. The molecule has 5 heteroatoms. The Labute approximate surface area is 161 Å². The van der Waals surface area contributed by atoms with Crippen molar-refractivity contribution < 1.29 is 19.4 Å². The average molecular weight is 371 g/mol. The molecule has 0 aromatic heterocycles. The van der Waals surface area contributed by atoms with Crippen LogP contribution in [0.3, 0.4) is 0 Å². The molecule has 1 unspecified atom stereocenters. The van der Waals surface area contributed by atoms with Crippen LogP contribution in [0.2, 0.25) is 0 Å². The minimum Gasteiger partial charge on any atom is -0.492 e. The van der Waals surface area contributed by atoms with E-state index in [1.54, 1.807) is 0 Å². The van der Waals surface area contributed by atoms with Crippen LogP contribution in [0.5, 0.6) is 5.75 Å². The molecule has 0 saturated carbocycles. The fraction of sp³-hybridized carbons (Fsp3) is 0.409. The Morgan fingerprint density at radius 3 is 2.52 bits per heavy atom. The zero-order valence-electron chi connectivity index (χ0n) is 15.9. The third-order valence-electron chi connectivity index (χ3n) is 4.01. The molecule has 0 spiro atoms. The summed E-state index contributed by atoms with van der Waals surface area (Å²) in [6.07, 6.45) is 0.770. The highest BCUT2D eigenvalue weighted by Crippen LogP contribution is 2.13. The van der Waals surface area contributed by atoms with Crippen LogP contribution >= 0.6 is 0 Å². The molecule has 0 fully saturated rings. The fourth-order valence-corrected chi connectivity index (χ4v) is 2.59. The lowest BCUT2D eigenvalue weighted by Gasteiger charge is -2.12. The highest BCUT2D eigenvalue weighted by atomic mass is 16.5. The predicted molar refractivity (Wildman–Crippen MR) is 106 cm³/mol. The smallest absolute Gasteiger partial charge is 0.162 e. The number of hydrogen-bond donors (Lipinski definition) is 2. The Kier molecular flexibility index (Phi) is 9.55. The molecule has 2 aromatic carbocycles. The van der Waals surface area contributed by atoms with Gasteiger partial charge in [0.15, 0.2) is 5.78 Å². The molecule has 0 aliphatic carbocycles. The van der Waals surface area contributed by atoms with Gasteiger partial charge >= 0.3 is 0 Å². The van der Waals surface area contributed by atoms with Gasteiger partial charge in [0.1, 0.15) is 19.0 Å². The summed E-state index contributed by atoms with van der Waals surface area (Å²) in [6.45, 7) is 4.43. The molecular weight excluding hydrogens is 342 g/mol. The number of rotatable bonds is 13. The van der Waals surface area contributed by atoms with E-state index in [4.69, 9.17) is 9.47 Å². The van der Waals surface area contributed by atoms with Gasteiger partial charge in [-0.25, -0.2) is 0 Å². The number of ketones is 1. The minimum absolute atomic E-state index is 0.0818. The van der Waals surface area contributed by atoms with Gasteiger partial charge in [-0.1, -0.05) is 49.4 Å². The summed E-state index contributed by atoms with van der Waals surface area (Å²) in [5, 5.41) is 13.2. The lowest BCUT2D eigenvalue weighted by molar-refractivity contribution is -0.122. The van der Waals surface area contributed by atoms with E-state index in [1.807, 2.05) is 61.5 Å². The van der Waals surface area contributed by atoms with Gasteiger partial charge in [-0.05, 0) is 29.7 Å². The SMILES string of the molecule is CCCOCC(=O)Cc1ccc(OCCNCC(O)c2ccccc2)cc1. The van der Waals surface area contributed by atoms with E-state index in [9.17, 15) is 9.90 Å². The van der Waals surface area contributed by atoms with Gasteiger partial charge in [-0.15, -0.1) is 0 Å². The number of aliphatic hydroxyl groups excluding tert-OH is 1. The third kappa shape index (κ3) is 8.35. The second kappa shape index (κ2) is 12.2. The number of aliphatic hydroxyl groups is 1. The van der Waals surface area contributed by atoms with Gasteiger partial charge in [0, 0.05) is 26.1 Å². The van der Waals surface area contributed by atoms with Gasteiger partial charge < -0.3 is 19.9 Å². The van der Waals surface area contributed by atoms with Crippen LogP contribution in [-0.4, -0.2) is 43.8 Å². The van der Waals surface area contributed by atoms with Gasteiger partial charge in [0.25, 0.3) is 0 Å². The van der Waals surface area contributed by atoms with Crippen molar-refractivity contribution in [1.82, 2.24) is 5.32 Å². The van der Waals surface area contributed by atoms with Crippen LogP contribution in [0.1, 0.15) is 30.6 Å². The lowest BCUT2D eigenvalue weighted by Crippen LogP contribution is -2.26. The number of Topliss-reactive ketones (excluding diaryl/α,β-unsaturated/α-hetero) is 1. The maximum atomic E-state index is 11.8. The highest BCUT2D eigenvalue weighted by Gasteiger charge is 2.06. The van der Waals surface area contributed by atoms with E-state index in [1.165, 1.54) is 0 Å². The first-order chi connectivity index (χ1) is 13.2. The fourth-order valence-electron chi connectivity index (χ4n) is 2.59. The molecule has 1 atom stereocenters. The second-order valence-corrected chi connectivity index (χ2v) is 6.39. The first-order valence-corrected chi connectivity index (χ1v) is 9.44. The molecule has 0 bridgehead atoms.